The Morgan fingerprint density at radius 1 is 0.273 bits per heavy atom. The van der Waals surface area contributed by atoms with Crippen molar-refractivity contribution in [2.75, 3.05) is 0 Å². The Hall–Kier alpha value is -7.30. The number of pyridine rings is 1. The standard InChI is InChI=1S/C51H32N4/c1-2-11-33(12-3-1)34-21-25-36(26-22-34)48-53-49(55-50(54-48)38-29-31-52-32-30-38)37-27-23-35(24-28-37)39-16-10-20-46-47(39)42-15-6-9-19-45(42)51(46)43-17-7-4-13-40(43)41-14-5-8-18-44(41)51/h1-32H. The van der Waals surface area contributed by atoms with Gasteiger partial charge in [-0.15, -0.1) is 0 Å². The van der Waals surface area contributed by atoms with Crippen LogP contribution in [0.4, 0.5) is 0 Å². The molecule has 7 aromatic carbocycles. The third-order valence-corrected chi connectivity index (χ3v) is 11.3. The normalized spacial score (nSPS) is 12.9. The maximum atomic E-state index is 5.04. The highest BCUT2D eigenvalue weighted by Gasteiger charge is 2.51. The smallest absolute Gasteiger partial charge is 0.164 e. The summed E-state index contributed by atoms with van der Waals surface area (Å²) in [4.78, 5) is 19.2. The molecular weight excluding hydrogens is 669 g/mol. The van der Waals surface area contributed by atoms with Gasteiger partial charge in [-0.25, -0.2) is 15.0 Å². The molecule has 0 fully saturated rings. The minimum absolute atomic E-state index is 0.376. The summed E-state index contributed by atoms with van der Waals surface area (Å²) in [5.74, 6) is 1.86. The van der Waals surface area contributed by atoms with Crippen LogP contribution in [-0.4, -0.2) is 19.9 Å². The van der Waals surface area contributed by atoms with Crippen LogP contribution in [0.25, 0.3) is 78.7 Å². The molecule has 0 aliphatic heterocycles. The van der Waals surface area contributed by atoms with Gasteiger partial charge in [0.1, 0.15) is 0 Å². The van der Waals surface area contributed by atoms with Crippen LogP contribution in [0.5, 0.6) is 0 Å². The largest absolute Gasteiger partial charge is 0.265 e. The highest BCUT2D eigenvalue weighted by Crippen LogP contribution is 2.63. The lowest BCUT2D eigenvalue weighted by Crippen LogP contribution is -2.25. The lowest BCUT2D eigenvalue weighted by atomic mass is 9.70. The summed E-state index contributed by atoms with van der Waals surface area (Å²) in [6, 6.07) is 65.1. The summed E-state index contributed by atoms with van der Waals surface area (Å²) >= 11 is 0. The van der Waals surface area contributed by atoms with Crippen LogP contribution in [0.2, 0.25) is 0 Å². The van der Waals surface area contributed by atoms with E-state index in [4.69, 9.17) is 15.0 Å². The van der Waals surface area contributed by atoms with Gasteiger partial charge in [-0.2, -0.15) is 0 Å². The van der Waals surface area contributed by atoms with Crippen molar-refractivity contribution < 1.29 is 0 Å². The molecule has 4 heteroatoms. The fourth-order valence-electron chi connectivity index (χ4n) is 8.89. The van der Waals surface area contributed by atoms with E-state index in [9.17, 15) is 0 Å². The van der Waals surface area contributed by atoms with Gasteiger partial charge in [-0.3, -0.25) is 4.98 Å². The summed E-state index contributed by atoms with van der Waals surface area (Å²) < 4.78 is 0. The molecule has 0 radical (unpaired) electrons. The molecule has 0 saturated carbocycles. The first-order valence-corrected chi connectivity index (χ1v) is 18.6. The molecule has 0 saturated heterocycles. The molecule has 0 atom stereocenters. The number of fused-ring (bicyclic) bond motifs is 10. The van der Waals surface area contributed by atoms with Gasteiger partial charge in [0.2, 0.25) is 0 Å². The number of hydrogen-bond acceptors (Lipinski definition) is 4. The fourth-order valence-corrected chi connectivity index (χ4v) is 8.89. The van der Waals surface area contributed by atoms with Gasteiger partial charge in [0, 0.05) is 29.1 Å². The van der Waals surface area contributed by atoms with Crippen molar-refractivity contribution in [1.82, 2.24) is 19.9 Å². The van der Waals surface area contributed by atoms with Crippen LogP contribution in [0.1, 0.15) is 22.3 Å². The van der Waals surface area contributed by atoms with Crippen molar-refractivity contribution >= 4 is 0 Å². The first-order chi connectivity index (χ1) is 27.3. The Bertz CT molecular complexity index is 2850. The summed E-state index contributed by atoms with van der Waals surface area (Å²) in [5.41, 5.74) is 17.6. The molecule has 11 rings (SSSR count). The molecule has 0 unspecified atom stereocenters. The van der Waals surface area contributed by atoms with Crippen molar-refractivity contribution in [2.24, 2.45) is 0 Å². The van der Waals surface area contributed by atoms with Crippen molar-refractivity contribution in [1.29, 1.82) is 0 Å². The van der Waals surface area contributed by atoms with Gasteiger partial charge in [0.05, 0.1) is 5.41 Å². The molecule has 0 N–H and O–H groups in total. The van der Waals surface area contributed by atoms with Crippen molar-refractivity contribution in [3.63, 3.8) is 0 Å². The maximum absolute atomic E-state index is 5.04. The molecule has 1 spiro atoms. The molecule has 2 aromatic heterocycles. The van der Waals surface area contributed by atoms with Gasteiger partial charge in [0.25, 0.3) is 0 Å². The first kappa shape index (κ1) is 31.2. The van der Waals surface area contributed by atoms with Crippen LogP contribution in [-0.2, 0) is 5.41 Å². The second-order valence-corrected chi connectivity index (χ2v) is 14.2. The zero-order valence-electron chi connectivity index (χ0n) is 29.8. The second kappa shape index (κ2) is 12.4. The summed E-state index contributed by atoms with van der Waals surface area (Å²) in [7, 11) is 0. The number of nitrogens with zero attached hydrogens (tertiary/aromatic N) is 4. The van der Waals surface area contributed by atoms with Gasteiger partial charge in [-0.1, -0.05) is 170 Å². The van der Waals surface area contributed by atoms with E-state index >= 15 is 0 Å². The Kier molecular flexibility index (Phi) is 7.04. The van der Waals surface area contributed by atoms with Crippen molar-refractivity contribution in [3.05, 3.63) is 217 Å². The second-order valence-electron chi connectivity index (χ2n) is 14.2. The lowest BCUT2D eigenvalue weighted by molar-refractivity contribution is 0.794. The first-order valence-electron chi connectivity index (χ1n) is 18.6. The highest BCUT2D eigenvalue weighted by atomic mass is 15.0. The van der Waals surface area contributed by atoms with Crippen molar-refractivity contribution in [2.45, 2.75) is 5.41 Å². The van der Waals surface area contributed by atoms with Crippen molar-refractivity contribution in [3.8, 4) is 78.7 Å². The summed E-state index contributed by atoms with van der Waals surface area (Å²) in [6.07, 6.45) is 3.54. The maximum Gasteiger partial charge on any atom is 0.164 e. The lowest BCUT2D eigenvalue weighted by Gasteiger charge is -2.30. The molecule has 256 valence electrons. The quantitative estimate of drug-likeness (QED) is 0.179. The van der Waals surface area contributed by atoms with E-state index in [1.165, 1.54) is 55.6 Å². The molecule has 2 aliphatic carbocycles. The molecule has 4 nitrogen and oxygen atoms in total. The van der Waals surface area contributed by atoms with E-state index in [1.807, 2.05) is 18.2 Å². The minimum atomic E-state index is -0.376. The zero-order chi connectivity index (χ0) is 36.3. The van der Waals surface area contributed by atoms with Crippen LogP contribution in [0, 0.1) is 0 Å². The molecular formula is C51H32N4. The average molecular weight is 701 g/mol. The molecule has 2 heterocycles. The van der Waals surface area contributed by atoms with E-state index in [-0.39, 0.29) is 5.41 Å². The molecule has 55 heavy (non-hydrogen) atoms. The molecule has 0 bridgehead atoms. The summed E-state index contributed by atoms with van der Waals surface area (Å²) in [5, 5.41) is 0. The van der Waals surface area contributed by atoms with E-state index in [1.54, 1.807) is 12.4 Å². The number of hydrogen-bond donors (Lipinski definition) is 0. The molecule has 9 aromatic rings. The summed E-state index contributed by atoms with van der Waals surface area (Å²) in [6.45, 7) is 0. The molecule has 0 amide bonds. The Morgan fingerprint density at radius 2 is 0.673 bits per heavy atom. The zero-order valence-corrected chi connectivity index (χ0v) is 29.8. The Morgan fingerprint density at radius 3 is 1.25 bits per heavy atom. The monoisotopic (exact) mass is 700 g/mol. The van der Waals surface area contributed by atoms with Crippen LogP contribution in [0.3, 0.4) is 0 Å². The number of aromatic nitrogens is 4. The number of rotatable bonds is 5. The SMILES string of the molecule is c1ccc(-c2ccc(-c3nc(-c4ccncc4)nc(-c4ccc(-c5cccc6c5-c5ccccc5C65c6ccccc6-c6ccccc65)cc4)n3)cc2)cc1. The Balaban J connectivity index is 1.03. The predicted octanol–water partition coefficient (Wildman–Crippen LogP) is 11.9. The van der Waals surface area contributed by atoms with Gasteiger partial charge < -0.3 is 0 Å². The van der Waals surface area contributed by atoms with E-state index < -0.39 is 0 Å². The van der Waals surface area contributed by atoms with E-state index in [0.29, 0.717) is 17.5 Å². The predicted molar refractivity (Wildman–Crippen MR) is 221 cm³/mol. The van der Waals surface area contributed by atoms with Gasteiger partial charge >= 0.3 is 0 Å². The topological polar surface area (TPSA) is 51.6 Å². The third kappa shape index (κ3) is 4.78. The minimum Gasteiger partial charge on any atom is -0.265 e. The van der Waals surface area contributed by atoms with E-state index in [0.717, 1.165) is 27.8 Å². The van der Waals surface area contributed by atoms with E-state index in [2.05, 4.69) is 169 Å². The van der Waals surface area contributed by atoms with Gasteiger partial charge in [0.15, 0.2) is 17.5 Å². The Labute approximate surface area is 319 Å². The molecule has 2 aliphatic rings. The number of benzene rings is 7. The highest BCUT2D eigenvalue weighted by molar-refractivity contribution is 6.00. The average Bonchev–Trinajstić information content (AvgIpc) is 3.75. The third-order valence-electron chi connectivity index (χ3n) is 11.3. The fraction of sp³-hybridized carbons (Fsp3) is 0.0196. The van der Waals surface area contributed by atoms with Crippen LogP contribution < -0.4 is 0 Å². The van der Waals surface area contributed by atoms with Crippen LogP contribution in [0.15, 0.2) is 194 Å². The van der Waals surface area contributed by atoms with Crippen LogP contribution >= 0.6 is 0 Å². The van der Waals surface area contributed by atoms with Gasteiger partial charge in [-0.05, 0) is 78.9 Å².